The molecule has 0 heterocycles. The van der Waals surface area contributed by atoms with Gasteiger partial charge < -0.3 is 16.6 Å². The minimum atomic E-state index is -0.961. The number of carboxylic acid groups (broad SMARTS) is 1. The van der Waals surface area contributed by atoms with E-state index in [0.717, 1.165) is 0 Å². The zero-order valence-corrected chi connectivity index (χ0v) is 7.45. The summed E-state index contributed by atoms with van der Waals surface area (Å²) in [5.74, 6) is -1.51. The molecule has 0 rings (SSSR count). The Labute approximate surface area is 75.9 Å². The molecular weight excluding hydrogens is 176 g/mol. The van der Waals surface area contributed by atoms with E-state index in [9.17, 15) is 14.4 Å². The standard InChI is InChI=1S/C5H9NO3.C2H5NO/c6-3-4(7)1-2-5(8)9;1-2(3)4/h1-3,6H2,(H,8,9);1H3,(H2,3,4). The van der Waals surface area contributed by atoms with E-state index >= 15 is 0 Å². The van der Waals surface area contributed by atoms with Gasteiger partial charge in [-0.2, -0.15) is 0 Å². The van der Waals surface area contributed by atoms with Crippen molar-refractivity contribution in [2.45, 2.75) is 19.8 Å². The quantitative estimate of drug-likeness (QED) is 0.517. The molecule has 0 aromatic carbocycles. The molecule has 0 unspecified atom stereocenters. The minimum Gasteiger partial charge on any atom is -0.481 e. The molecule has 0 fully saturated rings. The predicted octanol–water partition coefficient (Wildman–Crippen LogP) is -1.13. The SMILES string of the molecule is CC(N)=O.NCC(=O)CCC(=O)O. The van der Waals surface area contributed by atoms with Crippen LogP contribution < -0.4 is 11.5 Å². The maximum atomic E-state index is 10.3. The van der Waals surface area contributed by atoms with Gasteiger partial charge in [-0.1, -0.05) is 0 Å². The summed E-state index contributed by atoms with van der Waals surface area (Å²) < 4.78 is 0. The molecule has 0 atom stereocenters. The molecule has 0 aliphatic rings. The maximum Gasteiger partial charge on any atom is 0.303 e. The number of carbonyl (C=O) groups is 3. The Hall–Kier alpha value is -1.43. The monoisotopic (exact) mass is 190 g/mol. The summed E-state index contributed by atoms with van der Waals surface area (Å²) in [6.45, 7) is 1.24. The summed E-state index contributed by atoms with van der Waals surface area (Å²) >= 11 is 0. The van der Waals surface area contributed by atoms with Crippen molar-refractivity contribution in [3.05, 3.63) is 0 Å². The van der Waals surface area contributed by atoms with Gasteiger partial charge in [-0.15, -0.1) is 0 Å². The van der Waals surface area contributed by atoms with Crippen molar-refractivity contribution in [1.29, 1.82) is 0 Å². The Balaban J connectivity index is 0. The van der Waals surface area contributed by atoms with Crippen molar-refractivity contribution < 1.29 is 19.5 Å². The Morgan fingerprint density at radius 2 is 1.62 bits per heavy atom. The third-order valence-corrected chi connectivity index (χ3v) is 0.845. The first-order valence-corrected chi connectivity index (χ1v) is 3.59. The number of nitrogens with two attached hydrogens (primary N) is 2. The second-order valence-electron chi connectivity index (χ2n) is 2.25. The van der Waals surface area contributed by atoms with Crippen LogP contribution in [0.1, 0.15) is 19.8 Å². The first-order valence-electron chi connectivity index (χ1n) is 3.59. The van der Waals surface area contributed by atoms with Crippen LogP contribution in [0.3, 0.4) is 0 Å². The molecule has 13 heavy (non-hydrogen) atoms. The van der Waals surface area contributed by atoms with Crippen molar-refractivity contribution in [2.75, 3.05) is 6.54 Å². The van der Waals surface area contributed by atoms with Gasteiger partial charge in [-0.3, -0.25) is 14.4 Å². The van der Waals surface area contributed by atoms with Gasteiger partial charge in [-0.05, 0) is 0 Å². The van der Waals surface area contributed by atoms with Crippen molar-refractivity contribution >= 4 is 17.7 Å². The van der Waals surface area contributed by atoms with Crippen LogP contribution in [0.4, 0.5) is 0 Å². The zero-order valence-electron chi connectivity index (χ0n) is 7.45. The molecule has 0 saturated carbocycles. The van der Waals surface area contributed by atoms with Gasteiger partial charge in [0.1, 0.15) is 5.78 Å². The molecule has 0 saturated heterocycles. The molecule has 0 aromatic heterocycles. The van der Waals surface area contributed by atoms with Gasteiger partial charge in [0.25, 0.3) is 0 Å². The van der Waals surface area contributed by atoms with Crippen LogP contribution in [0.2, 0.25) is 0 Å². The molecule has 5 N–H and O–H groups in total. The van der Waals surface area contributed by atoms with E-state index in [1.165, 1.54) is 6.92 Å². The normalized spacial score (nSPS) is 8.15. The van der Waals surface area contributed by atoms with Crippen LogP contribution in [-0.4, -0.2) is 29.3 Å². The minimum absolute atomic E-state index is 0.0475. The smallest absolute Gasteiger partial charge is 0.303 e. The van der Waals surface area contributed by atoms with E-state index < -0.39 is 5.97 Å². The first-order chi connectivity index (χ1) is 5.90. The van der Waals surface area contributed by atoms with Gasteiger partial charge >= 0.3 is 5.97 Å². The van der Waals surface area contributed by atoms with Crippen molar-refractivity contribution in [3.63, 3.8) is 0 Å². The van der Waals surface area contributed by atoms with Crippen LogP contribution in [0.5, 0.6) is 0 Å². The van der Waals surface area contributed by atoms with E-state index in [1.807, 2.05) is 0 Å². The molecule has 6 nitrogen and oxygen atoms in total. The number of carboxylic acids is 1. The summed E-state index contributed by atoms with van der Waals surface area (Å²) in [5, 5.41) is 8.06. The summed E-state index contributed by atoms with van der Waals surface area (Å²) in [4.78, 5) is 29.4. The Morgan fingerprint density at radius 1 is 1.23 bits per heavy atom. The number of rotatable bonds is 4. The van der Waals surface area contributed by atoms with Gasteiger partial charge in [-0.25, -0.2) is 0 Å². The molecule has 0 aliphatic carbocycles. The third kappa shape index (κ3) is 25.0. The predicted molar refractivity (Wildman–Crippen MR) is 45.8 cm³/mol. The molecule has 0 aliphatic heterocycles. The Kier molecular flexibility index (Phi) is 9.41. The lowest BCUT2D eigenvalue weighted by atomic mass is 10.2. The van der Waals surface area contributed by atoms with Crippen molar-refractivity contribution in [1.82, 2.24) is 0 Å². The molecule has 1 amide bonds. The topological polar surface area (TPSA) is 123 Å². The van der Waals surface area contributed by atoms with Crippen LogP contribution >= 0.6 is 0 Å². The fourth-order valence-electron chi connectivity index (χ4n) is 0.348. The lowest BCUT2D eigenvalue weighted by Crippen LogP contribution is -2.14. The summed E-state index contributed by atoms with van der Waals surface area (Å²) in [5.41, 5.74) is 9.39. The van der Waals surface area contributed by atoms with E-state index in [-0.39, 0.29) is 31.1 Å². The zero-order chi connectivity index (χ0) is 10.9. The molecule has 0 radical (unpaired) electrons. The van der Waals surface area contributed by atoms with Crippen molar-refractivity contribution in [2.24, 2.45) is 11.5 Å². The van der Waals surface area contributed by atoms with Crippen molar-refractivity contribution in [3.8, 4) is 0 Å². The van der Waals surface area contributed by atoms with Crippen LogP contribution in [-0.2, 0) is 14.4 Å². The molecular formula is C7H14N2O4. The number of ketones is 1. The van der Waals surface area contributed by atoms with E-state index in [2.05, 4.69) is 5.73 Å². The molecule has 6 heteroatoms. The summed E-state index contributed by atoms with van der Waals surface area (Å²) in [6.07, 6.45) is -0.0676. The van der Waals surface area contributed by atoms with Crippen LogP contribution in [0.25, 0.3) is 0 Å². The summed E-state index contributed by atoms with van der Waals surface area (Å²) in [6, 6.07) is 0. The van der Waals surface area contributed by atoms with E-state index in [0.29, 0.717) is 0 Å². The van der Waals surface area contributed by atoms with E-state index in [4.69, 9.17) is 10.8 Å². The van der Waals surface area contributed by atoms with Gasteiger partial charge in [0, 0.05) is 13.3 Å². The number of hydrogen-bond donors (Lipinski definition) is 3. The highest BCUT2D eigenvalue weighted by Gasteiger charge is 2.01. The molecule has 0 bridgehead atoms. The number of carbonyl (C=O) groups excluding carboxylic acids is 2. The maximum absolute atomic E-state index is 10.3. The number of amides is 1. The Morgan fingerprint density at radius 3 is 1.85 bits per heavy atom. The second kappa shape index (κ2) is 8.66. The molecule has 76 valence electrons. The fraction of sp³-hybridized carbons (Fsp3) is 0.571. The largest absolute Gasteiger partial charge is 0.481 e. The Bertz CT molecular complexity index is 187. The van der Waals surface area contributed by atoms with E-state index in [1.54, 1.807) is 0 Å². The van der Waals surface area contributed by atoms with Crippen LogP contribution in [0, 0.1) is 0 Å². The number of hydrogen-bond acceptors (Lipinski definition) is 4. The highest BCUT2D eigenvalue weighted by atomic mass is 16.4. The highest BCUT2D eigenvalue weighted by Crippen LogP contribution is 1.87. The molecule has 0 spiro atoms. The van der Waals surface area contributed by atoms with Gasteiger partial charge in [0.2, 0.25) is 5.91 Å². The van der Waals surface area contributed by atoms with Gasteiger partial charge in [0.15, 0.2) is 0 Å². The lowest BCUT2D eigenvalue weighted by molar-refractivity contribution is -0.138. The molecule has 0 aromatic rings. The third-order valence-electron chi connectivity index (χ3n) is 0.845. The first kappa shape index (κ1) is 14.1. The lowest BCUT2D eigenvalue weighted by Gasteiger charge is -1.90. The fourth-order valence-corrected chi connectivity index (χ4v) is 0.348. The number of primary amides is 1. The van der Waals surface area contributed by atoms with Crippen LogP contribution in [0.15, 0.2) is 0 Å². The second-order valence-corrected chi connectivity index (χ2v) is 2.25. The average Bonchev–Trinajstić information content (AvgIpc) is 1.99. The number of Topliss-reactive ketones (excluding diaryl/α,β-unsaturated/α-hetero) is 1. The average molecular weight is 190 g/mol. The summed E-state index contributed by atoms with van der Waals surface area (Å²) in [7, 11) is 0. The van der Waals surface area contributed by atoms with Gasteiger partial charge in [0.05, 0.1) is 13.0 Å². The number of aliphatic carboxylic acids is 1. The highest BCUT2D eigenvalue weighted by molar-refractivity contribution is 5.83.